The van der Waals surface area contributed by atoms with Crippen LogP contribution in [-0.2, 0) is 13.0 Å². The number of aromatic nitrogens is 3. The fraction of sp³-hybridized carbons (Fsp3) is 0.200. The topological polar surface area (TPSA) is 79.8 Å². The molecule has 2 heterocycles. The fourth-order valence-electron chi connectivity index (χ4n) is 2.49. The van der Waals surface area contributed by atoms with Crippen molar-refractivity contribution in [2.75, 3.05) is 11.9 Å². The van der Waals surface area contributed by atoms with Crippen LogP contribution < -0.4 is 10.6 Å². The largest absolute Gasteiger partial charge is 0.350 e. The van der Waals surface area contributed by atoms with Crippen molar-refractivity contribution in [3.8, 4) is 0 Å². The molecule has 0 spiro atoms. The SMILES string of the molecule is Cc1cc(C(=O)NCCc2ccccc2)nc(NCc2ccccn2)n1. The third-order valence-electron chi connectivity index (χ3n) is 3.78. The van der Waals surface area contributed by atoms with Crippen molar-refractivity contribution in [2.24, 2.45) is 0 Å². The van der Waals surface area contributed by atoms with Crippen LogP contribution in [0.5, 0.6) is 0 Å². The molecule has 3 aromatic rings. The maximum absolute atomic E-state index is 12.4. The first-order valence-electron chi connectivity index (χ1n) is 8.52. The molecule has 0 saturated carbocycles. The number of nitrogens with one attached hydrogen (secondary N) is 2. The number of amides is 1. The van der Waals surface area contributed by atoms with E-state index in [1.54, 1.807) is 12.3 Å². The molecule has 6 nitrogen and oxygen atoms in total. The third-order valence-corrected chi connectivity index (χ3v) is 3.78. The van der Waals surface area contributed by atoms with Crippen LogP contribution in [0, 0.1) is 6.92 Å². The van der Waals surface area contributed by atoms with Crippen molar-refractivity contribution in [3.05, 3.63) is 83.4 Å². The molecule has 0 radical (unpaired) electrons. The summed E-state index contributed by atoms with van der Waals surface area (Å²) >= 11 is 0. The van der Waals surface area contributed by atoms with Gasteiger partial charge in [-0.2, -0.15) is 0 Å². The Labute approximate surface area is 152 Å². The molecule has 3 rings (SSSR count). The molecule has 0 aliphatic heterocycles. The molecule has 0 bridgehead atoms. The van der Waals surface area contributed by atoms with E-state index < -0.39 is 0 Å². The van der Waals surface area contributed by atoms with Gasteiger partial charge in [0.25, 0.3) is 5.91 Å². The Morgan fingerprint density at radius 2 is 1.85 bits per heavy atom. The number of carbonyl (C=O) groups excluding carboxylic acids is 1. The summed E-state index contributed by atoms with van der Waals surface area (Å²) in [5.41, 5.74) is 3.15. The van der Waals surface area contributed by atoms with Gasteiger partial charge in [-0.1, -0.05) is 36.4 Å². The van der Waals surface area contributed by atoms with E-state index in [0.29, 0.717) is 24.7 Å². The van der Waals surface area contributed by atoms with Gasteiger partial charge in [0.05, 0.1) is 12.2 Å². The summed E-state index contributed by atoms with van der Waals surface area (Å²) in [6.07, 6.45) is 2.52. The molecule has 0 aliphatic rings. The van der Waals surface area contributed by atoms with Gasteiger partial charge < -0.3 is 10.6 Å². The highest BCUT2D eigenvalue weighted by atomic mass is 16.1. The zero-order valence-corrected chi connectivity index (χ0v) is 14.6. The fourth-order valence-corrected chi connectivity index (χ4v) is 2.49. The normalized spacial score (nSPS) is 10.3. The van der Waals surface area contributed by atoms with Crippen LogP contribution in [0.15, 0.2) is 60.8 Å². The molecule has 0 saturated heterocycles. The van der Waals surface area contributed by atoms with Gasteiger partial charge in [0.2, 0.25) is 5.95 Å². The molecule has 0 unspecified atom stereocenters. The zero-order valence-electron chi connectivity index (χ0n) is 14.6. The highest BCUT2D eigenvalue weighted by molar-refractivity contribution is 5.92. The number of benzene rings is 1. The summed E-state index contributed by atoms with van der Waals surface area (Å²) in [6.45, 7) is 2.90. The minimum absolute atomic E-state index is 0.202. The maximum Gasteiger partial charge on any atom is 0.270 e. The number of pyridine rings is 1. The average molecular weight is 347 g/mol. The summed E-state index contributed by atoms with van der Waals surface area (Å²) in [5, 5.41) is 6.02. The first kappa shape index (κ1) is 17.5. The van der Waals surface area contributed by atoms with E-state index in [9.17, 15) is 4.79 Å². The summed E-state index contributed by atoms with van der Waals surface area (Å²) in [5.74, 6) is 0.219. The molecular formula is C20H21N5O. The molecule has 1 amide bonds. The van der Waals surface area contributed by atoms with E-state index in [4.69, 9.17) is 0 Å². The molecule has 0 atom stereocenters. The molecular weight excluding hydrogens is 326 g/mol. The first-order chi connectivity index (χ1) is 12.7. The number of aryl methyl sites for hydroxylation is 1. The van der Waals surface area contributed by atoms with Gasteiger partial charge >= 0.3 is 0 Å². The van der Waals surface area contributed by atoms with Gasteiger partial charge in [-0.05, 0) is 37.1 Å². The molecule has 1 aromatic carbocycles. The second-order valence-corrected chi connectivity index (χ2v) is 5.88. The third kappa shape index (κ3) is 5.11. The molecule has 0 aliphatic carbocycles. The van der Waals surface area contributed by atoms with Gasteiger partial charge in [-0.3, -0.25) is 9.78 Å². The summed E-state index contributed by atoms with van der Waals surface area (Å²) < 4.78 is 0. The Kier molecular flexibility index (Phi) is 5.88. The van der Waals surface area contributed by atoms with Gasteiger partial charge in [0.1, 0.15) is 5.69 Å². The van der Waals surface area contributed by atoms with Gasteiger partial charge in [0, 0.05) is 18.4 Å². The summed E-state index contributed by atoms with van der Waals surface area (Å²) in [4.78, 5) is 25.3. The van der Waals surface area contributed by atoms with Crippen LogP contribution >= 0.6 is 0 Å². The van der Waals surface area contributed by atoms with E-state index in [2.05, 4.69) is 25.6 Å². The predicted molar refractivity (Wildman–Crippen MR) is 101 cm³/mol. The quantitative estimate of drug-likeness (QED) is 0.687. The van der Waals surface area contributed by atoms with Crippen molar-refractivity contribution >= 4 is 11.9 Å². The summed E-state index contributed by atoms with van der Waals surface area (Å²) in [7, 11) is 0. The Hall–Kier alpha value is -3.28. The zero-order chi connectivity index (χ0) is 18.2. The first-order valence-corrected chi connectivity index (χ1v) is 8.52. The minimum Gasteiger partial charge on any atom is -0.350 e. The highest BCUT2D eigenvalue weighted by Gasteiger charge is 2.10. The Morgan fingerprint density at radius 3 is 2.62 bits per heavy atom. The smallest absolute Gasteiger partial charge is 0.270 e. The second kappa shape index (κ2) is 8.71. The Balaban J connectivity index is 1.58. The van der Waals surface area contributed by atoms with Crippen LogP contribution in [0.3, 0.4) is 0 Å². The molecule has 6 heteroatoms. The lowest BCUT2D eigenvalue weighted by Crippen LogP contribution is -2.27. The van der Waals surface area contributed by atoms with Gasteiger partial charge in [0.15, 0.2) is 0 Å². The van der Waals surface area contributed by atoms with Crippen LogP contribution in [0.25, 0.3) is 0 Å². The van der Waals surface area contributed by atoms with E-state index in [0.717, 1.165) is 17.8 Å². The average Bonchev–Trinajstić information content (AvgIpc) is 2.67. The highest BCUT2D eigenvalue weighted by Crippen LogP contribution is 2.07. The van der Waals surface area contributed by atoms with E-state index in [1.165, 1.54) is 5.56 Å². The van der Waals surface area contributed by atoms with Crippen molar-refractivity contribution in [1.82, 2.24) is 20.3 Å². The number of nitrogens with zero attached hydrogens (tertiary/aromatic N) is 3. The number of carbonyl (C=O) groups is 1. The van der Waals surface area contributed by atoms with Crippen LogP contribution in [0.1, 0.15) is 27.4 Å². The Morgan fingerprint density at radius 1 is 1.04 bits per heavy atom. The Bertz CT molecular complexity index is 853. The number of anilines is 1. The lowest BCUT2D eigenvalue weighted by Gasteiger charge is -2.09. The second-order valence-electron chi connectivity index (χ2n) is 5.88. The number of rotatable bonds is 7. The van der Waals surface area contributed by atoms with Gasteiger partial charge in [-0.15, -0.1) is 0 Å². The molecule has 26 heavy (non-hydrogen) atoms. The lowest BCUT2D eigenvalue weighted by atomic mass is 10.1. The standard InChI is InChI=1S/C20H21N5O/c1-15-13-18(19(26)22-12-10-16-7-3-2-4-8-16)25-20(24-15)23-14-17-9-5-6-11-21-17/h2-9,11,13H,10,12,14H2,1H3,(H,22,26)(H,23,24,25). The van der Waals surface area contributed by atoms with E-state index in [1.807, 2.05) is 55.5 Å². The van der Waals surface area contributed by atoms with E-state index >= 15 is 0 Å². The van der Waals surface area contributed by atoms with Gasteiger partial charge in [-0.25, -0.2) is 9.97 Å². The number of hydrogen-bond acceptors (Lipinski definition) is 5. The van der Waals surface area contributed by atoms with Crippen molar-refractivity contribution in [2.45, 2.75) is 19.9 Å². The molecule has 2 N–H and O–H groups in total. The van der Waals surface area contributed by atoms with Crippen LogP contribution in [-0.4, -0.2) is 27.4 Å². The monoisotopic (exact) mass is 347 g/mol. The van der Waals surface area contributed by atoms with Crippen molar-refractivity contribution in [1.29, 1.82) is 0 Å². The van der Waals surface area contributed by atoms with E-state index in [-0.39, 0.29) is 5.91 Å². The van der Waals surface area contributed by atoms with Crippen LogP contribution in [0.2, 0.25) is 0 Å². The number of hydrogen-bond donors (Lipinski definition) is 2. The molecule has 132 valence electrons. The lowest BCUT2D eigenvalue weighted by molar-refractivity contribution is 0.0949. The molecule has 2 aromatic heterocycles. The summed E-state index contributed by atoms with van der Waals surface area (Å²) in [6, 6.07) is 17.4. The maximum atomic E-state index is 12.4. The predicted octanol–water partition coefficient (Wildman–Crippen LogP) is 2.76. The molecule has 0 fully saturated rings. The minimum atomic E-state index is -0.202. The van der Waals surface area contributed by atoms with Crippen molar-refractivity contribution < 1.29 is 4.79 Å². The van der Waals surface area contributed by atoms with Crippen molar-refractivity contribution in [3.63, 3.8) is 0 Å². The van der Waals surface area contributed by atoms with Crippen LogP contribution in [0.4, 0.5) is 5.95 Å².